The summed E-state index contributed by atoms with van der Waals surface area (Å²) in [6.07, 6.45) is 6.90. The van der Waals surface area contributed by atoms with Gasteiger partial charge in [-0.15, -0.1) is 0 Å². The van der Waals surface area contributed by atoms with Crippen LogP contribution >= 0.6 is 0 Å². The lowest BCUT2D eigenvalue weighted by Crippen LogP contribution is -2.62. The van der Waals surface area contributed by atoms with Crippen molar-refractivity contribution in [1.29, 1.82) is 0 Å². The van der Waals surface area contributed by atoms with E-state index in [1.54, 1.807) is 0 Å². The SMILES string of the molecule is C=CN(O)CCCC(NC(=O)CCCCCCCCCCCCC)C1OC(=O)C(CCCN(O)C(C)=O)NC(=O)C(CCCNC(N)=O)NC(=O)C(CCCN)NC(=O)C(CO)NC(=O)C(C(O)C(=O)O)NC(=O)C1C. The third-order valence-corrected chi connectivity index (χ3v) is 12.7. The Morgan fingerprint density at radius 3 is 1.78 bits per heavy atom. The van der Waals surface area contributed by atoms with E-state index in [1.165, 1.54) is 32.6 Å². The summed E-state index contributed by atoms with van der Waals surface area (Å²) < 4.78 is 6.09. The second-order valence-corrected chi connectivity index (χ2v) is 19.0. The van der Waals surface area contributed by atoms with E-state index in [1.807, 2.05) is 0 Å². The quantitative estimate of drug-likeness (QED) is 0.0169. The molecule has 0 aromatic rings. The standard InChI is InChI=1S/C49H87N11O16/c1-5-7-8-9-10-11-12-13-14-15-16-25-38(63)53-33(23-19-28-59(74)6-2)41-31(3)42(65)58-39(40(64)47(70)71)46(69)57-37(30-61)45(68)55-34(21-17-26-50)43(66)54-35(22-18-27-52-49(51)73)44(67)56-36(48(72)76-41)24-20-29-60(75)32(4)62/h6,31,33-37,39-41,61,64,74-75H,2,5,7-30,50H2,1,3-4H3,(H,53,63)(H,54,66)(H,55,68)(H,56,67)(H,57,69)(H,58,65)(H,70,71)(H3,51,52,73). The average molecular weight is 1090 g/mol. The zero-order valence-electron chi connectivity index (χ0n) is 44.4. The van der Waals surface area contributed by atoms with E-state index in [0.717, 1.165) is 50.3 Å². The maximum atomic E-state index is 14.7. The topological polar surface area (TPSA) is 424 Å². The molecule has 76 heavy (non-hydrogen) atoms. The number of esters is 1. The summed E-state index contributed by atoms with van der Waals surface area (Å²) in [5.74, 6) is -12.1. The summed E-state index contributed by atoms with van der Waals surface area (Å²) in [4.78, 5) is 134. The second kappa shape index (κ2) is 38.4. The molecule has 9 atom stereocenters. The van der Waals surface area contributed by atoms with Crippen LogP contribution in [-0.2, 0) is 47.9 Å². The second-order valence-electron chi connectivity index (χ2n) is 19.0. The van der Waals surface area contributed by atoms with E-state index >= 15 is 0 Å². The molecule has 0 radical (unpaired) electrons. The largest absolute Gasteiger partial charge is 0.479 e. The number of ether oxygens (including phenoxy) is 1. The molecular weight excluding hydrogens is 999 g/mol. The Morgan fingerprint density at radius 1 is 0.724 bits per heavy atom. The predicted molar refractivity (Wildman–Crippen MR) is 274 cm³/mol. The molecule has 0 aromatic carbocycles. The van der Waals surface area contributed by atoms with Gasteiger partial charge in [0.1, 0.15) is 36.3 Å². The molecule has 1 aliphatic rings. The van der Waals surface area contributed by atoms with Gasteiger partial charge in [0, 0.05) is 39.2 Å². The van der Waals surface area contributed by atoms with Gasteiger partial charge in [-0.3, -0.25) is 49.0 Å². The highest BCUT2D eigenvalue weighted by atomic mass is 16.5. The Labute approximate surface area is 444 Å². The Balaban J connectivity index is 4.02. The molecule has 0 spiro atoms. The highest BCUT2D eigenvalue weighted by Gasteiger charge is 2.42. The van der Waals surface area contributed by atoms with Crippen molar-refractivity contribution >= 4 is 59.3 Å². The lowest BCUT2D eigenvalue weighted by molar-refractivity contribution is -0.164. The Morgan fingerprint density at radius 2 is 1.25 bits per heavy atom. The van der Waals surface area contributed by atoms with Crippen LogP contribution in [0.1, 0.15) is 149 Å². The summed E-state index contributed by atoms with van der Waals surface area (Å²) in [6.45, 7) is 6.27. The number of carboxylic acids is 1. The third kappa shape index (κ3) is 27.1. The fourth-order valence-corrected chi connectivity index (χ4v) is 8.23. The lowest BCUT2D eigenvalue weighted by atomic mass is 9.92. The number of carbonyl (C=O) groups is 10. The summed E-state index contributed by atoms with van der Waals surface area (Å²) >= 11 is 0. The van der Waals surface area contributed by atoms with Crippen molar-refractivity contribution in [3.63, 3.8) is 0 Å². The van der Waals surface area contributed by atoms with E-state index in [9.17, 15) is 73.7 Å². The van der Waals surface area contributed by atoms with Crippen molar-refractivity contribution in [3.05, 3.63) is 12.8 Å². The number of aliphatic hydroxyl groups is 2. The van der Waals surface area contributed by atoms with Crippen LogP contribution in [0.2, 0.25) is 0 Å². The van der Waals surface area contributed by atoms with E-state index in [4.69, 9.17) is 16.2 Å². The first kappa shape index (κ1) is 67.9. The van der Waals surface area contributed by atoms with Crippen molar-refractivity contribution in [1.82, 2.24) is 47.3 Å². The monoisotopic (exact) mass is 1090 g/mol. The average Bonchev–Trinajstić information content (AvgIpc) is 3.37. The van der Waals surface area contributed by atoms with Gasteiger partial charge in [0.05, 0.1) is 18.6 Å². The molecule has 1 rings (SSSR count). The molecule has 434 valence electrons. The van der Waals surface area contributed by atoms with Gasteiger partial charge in [0.15, 0.2) is 6.10 Å². The number of hydrogen-bond donors (Lipinski definition) is 14. The molecular formula is C49H87N11O16. The van der Waals surface area contributed by atoms with Gasteiger partial charge in [0.2, 0.25) is 41.4 Å². The molecule has 0 saturated carbocycles. The number of unbranched alkanes of at least 4 members (excludes halogenated alkanes) is 10. The van der Waals surface area contributed by atoms with Crippen molar-refractivity contribution in [2.24, 2.45) is 17.4 Å². The number of amides is 9. The minimum atomic E-state index is -2.69. The number of carbonyl (C=O) groups excluding carboxylic acids is 9. The van der Waals surface area contributed by atoms with E-state index in [0.29, 0.717) is 17.9 Å². The van der Waals surface area contributed by atoms with Gasteiger partial charge >= 0.3 is 18.0 Å². The highest BCUT2D eigenvalue weighted by molar-refractivity contribution is 5.98. The van der Waals surface area contributed by atoms with Crippen LogP contribution in [0.3, 0.4) is 0 Å². The number of aliphatic carboxylic acids is 1. The first-order valence-electron chi connectivity index (χ1n) is 26.4. The van der Waals surface area contributed by atoms with Gasteiger partial charge in [-0.1, -0.05) is 77.7 Å². The smallest absolute Gasteiger partial charge is 0.335 e. The zero-order valence-corrected chi connectivity index (χ0v) is 44.4. The number of urea groups is 1. The van der Waals surface area contributed by atoms with Gasteiger partial charge < -0.3 is 68.7 Å². The molecule has 16 N–H and O–H groups in total. The number of nitrogens with two attached hydrogens (primary N) is 2. The van der Waals surface area contributed by atoms with Gasteiger partial charge in [-0.25, -0.2) is 19.4 Å². The van der Waals surface area contributed by atoms with Gasteiger partial charge in [-0.2, -0.15) is 0 Å². The zero-order chi connectivity index (χ0) is 57.2. The van der Waals surface area contributed by atoms with Crippen molar-refractivity contribution in [2.45, 2.75) is 198 Å². The minimum Gasteiger partial charge on any atom is -0.479 e. The summed E-state index contributed by atoms with van der Waals surface area (Å²) in [7, 11) is 0. The third-order valence-electron chi connectivity index (χ3n) is 12.7. The lowest BCUT2D eigenvalue weighted by Gasteiger charge is -2.34. The summed E-state index contributed by atoms with van der Waals surface area (Å²) in [5, 5.41) is 69.2. The molecule has 9 unspecified atom stereocenters. The van der Waals surface area contributed by atoms with Crippen LogP contribution in [0.4, 0.5) is 4.79 Å². The molecule has 9 amide bonds. The van der Waals surface area contributed by atoms with Crippen LogP contribution in [-0.4, -0.2) is 176 Å². The van der Waals surface area contributed by atoms with E-state index in [2.05, 4.69) is 50.7 Å². The number of cyclic esters (lactones) is 1. The maximum Gasteiger partial charge on any atom is 0.335 e. The molecule has 1 aliphatic heterocycles. The maximum absolute atomic E-state index is 14.7. The molecule has 1 fully saturated rings. The molecule has 27 nitrogen and oxygen atoms in total. The first-order chi connectivity index (χ1) is 36.1. The number of hydrogen-bond acceptors (Lipinski definition) is 17. The Kier molecular flexibility index (Phi) is 34.3. The molecule has 1 saturated heterocycles. The molecule has 0 bridgehead atoms. The van der Waals surface area contributed by atoms with Crippen LogP contribution in [0.5, 0.6) is 0 Å². The van der Waals surface area contributed by atoms with Crippen molar-refractivity contribution < 1.29 is 78.4 Å². The Bertz CT molecular complexity index is 1860. The highest BCUT2D eigenvalue weighted by Crippen LogP contribution is 2.21. The summed E-state index contributed by atoms with van der Waals surface area (Å²) in [6, 6.07) is -11.3. The fourth-order valence-electron chi connectivity index (χ4n) is 8.23. The van der Waals surface area contributed by atoms with E-state index in [-0.39, 0.29) is 84.0 Å². The molecule has 0 aromatic heterocycles. The van der Waals surface area contributed by atoms with Crippen LogP contribution < -0.4 is 48.7 Å². The van der Waals surface area contributed by atoms with Crippen LogP contribution in [0.15, 0.2) is 12.8 Å². The predicted octanol–water partition coefficient (Wildman–Crippen LogP) is -0.584. The van der Waals surface area contributed by atoms with Gasteiger partial charge in [0.25, 0.3) is 0 Å². The number of primary amides is 1. The number of carboxylic acid groups (broad SMARTS) is 1. The molecule has 27 heteroatoms. The molecule has 0 aliphatic carbocycles. The van der Waals surface area contributed by atoms with Crippen LogP contribution in [0.25, 0.3) is 0 Å². The normalized spacial score (nSPS) is 21.8. The summed E-state index contributed by atoms with van der Waals surface area (Å²) in [5.41, 5.74) is 10.9. The van der Waals surface area contributed by atoms with Gasteiger partial charge in [-0.05, 0) is 71.3 Å². The number of nitrogens with one attached hydrogen (secondary N) is 7. The van der Waals surface area contributed by atoms with E-state index < -0.39 is 120 Å². The number of hydroxylamine groups is 4. The minimum absolute atomic E-state index is 0.00182. The fraction of sp³-hybridized carbons (Fsp3) is 0.755. The molecule has 1 heterocycles. The van der Waals surface area contributed by atoms with Crippen molar-refractivity contribution in [3.8, 4) is 0 Å². The first-order valence-corrected chi connectivity index (χ1v) is 26.4. The number of nitrogens with zero attached hydrogens (tertiary/aromatic N) is 2. The Hall–Kier alpha value is -6.16. The van der Waals surface area contributed by atoms with Crippen LogP contribution in [0, 0.1) is 5.92 Å². The number of aliphatic hydroxyl groups excluding tert-OH is 2. The van der Waals surface area contributed by atoms with Crippen molar-refractivity contribution in [2.75, 3.05) is 32.8 Å². The number of rotatable bonds is 33.